The molecule has 1 aromatic rings. The molecule has 0 aromatic heterocycles. The van der Waals surface area contributed by atoms with Gasteiger partial charge in [-0.15, -0.1) is 0 Å². The van der Waals surface area contributed by atoms with E-state index in [9.17, 15) is 4.79 Å². The summed E-state index contributed by atoms with van der Waals surface area (Å²) in [5.41, 5.74) is 7.61. The molecule has 2 rings (SSSR count). The number of carbonyl (C=O) groups excluding carboxylic acids is 1. The van der Waals surface area contributed by atoms with Crippen molar-refractivity contribution < 1.29 is 4.79 Å². The third kappa shape index (κ3) is 4.27. The van der Waals surface area contributed by atoms with Gasteiger partial charge in [0, 0.05) is 24.7 Å². The number of benzene rings is 1. The van der Waals surface area contributed by atoms with E-state index in [1.165, 1.54) is 18.4 Å². The van der Waals surface area contributed by atoms with Gasteiger partial charge in [-0.25, -0.2) is 0 Å². The van der Waals surface area contributed by atoms with Gasteiger partial charge in [-0.3, -0.25) is 4.79 Å². The molecule has 0 heterocycles. The second-order valence-electron chi connectivity index (χ2n) is 5.91. The Balaban J connectivity index is 1.86. The van der Waals surface area contributed by atoms with Gasteiger partial charge < -0.3 is 10.6 Å². The normalized spacial score (nSPS) is 14.7. The van der Waals surface area contributed by atoms with Crippen LogP contribution in [0.1, 0.15) is 38.7 Å². The minimum Gasteiger partial charge on any atom is -0.399 e. The zero-order chi connectivity index (χ0) is 13.8. The molecular weight excluding hydrogens is 236 g/mol. The first-order chi connectivity index (χ1) is 9.06. The van der Waals surface area contributed by atoms with E-state index in [-0.39, 0.29) is 0 Å². The molecule has 1 saturated carbocycles. The zero-order valence-electron chi connectivity index (χ0n) is 11.9. The van der Waals surface area contributed by atoms with Gasteiger partial charge in [0.2, 0.25) is 5.91 Å². The molecule has 0 bridgehead atoms. The average Bonchev–Trinajstić information content (AvgIpc) is 3.19. The lowest BCUT2D eigenvalue weighted by Gasteiger charge is -2.24. The van der Waals surface area contributed by atoms with Crippen LogP contribution in [0.5, 0.6) is 0 Å². The number of carbonyl (C=O) groups is 1. The van der Waals surface area contributed by atoms with E-state index in [2.05, 4.69) is 18.7 Å². The van der Waals surface area contributed by atoms with Crippen molar-refractivity contribution in [2.45, 2.75) is 45.6 Å². The smallest absolute Gasteiger partial charge is 0.223 e. The lowest BCUT2D eigenvalue weighted by atomic mass is 10.1. The molecule has 3 heteroatoms. The summed E-state index contributed by atoms with van der Waals surface area (Å²) in [6, 6.07) is 8.32. The molecule has 3 nitrogen and oxygen atoms in total. The molecule has 1 aromatic carbocycles. The number of anilines is 1. The van der Waals surface area contributed by atoms with Crippen molar-refractivity contribution in [3.8, 4) is 0 Å². The Hall–Kier alpha value is -1.51. The van der Waals surface area contributed by atoms with E-state index in [1.54, 1.807) is 0 Å². The maximum absolute atomic E-state index is 12.3. The number of amides is 1. The molecule has 0 aliphatic heterocycles. The summed E-state index contributed by atoms with van der Waals surface area (Å²) >= 11 is 0. The summed E-state index contributed by atoms with van der Waals surface area (Å²) in [4.78, 5) is 14.4. The first kappa shape index (κ1) is 13.9. The van der Waals surface area contributed by atoms with E-state index in [1.807, 2.05) is 24.3 Å². The Morgan fingerprint density at radius 2 is 1.95 bits per heavy atom. The second-order valence-corrected chi connectivity index (χ2v) is 5.91. The monoisotopic (exact) mass is 260 g/mol. The number of hydrogen-bond donors (Lipinski definition) is 1. The van der Waals surface area contributed by atoms with Crippen molar-refractivity contribution in [3.05, 3.63) is 29.8 Å². The molecule has 104 valence electrons. The fraction of sp³-hybridized carbons (Fsp3) is 0.562. The number of nitrogens with zero attached hydrogens (tertiary/aromatic N) is 1. The maximum Gasteiger partial charge on any atom is 0.223 e. The number of nitrogens with two attached hydrogens (primary N) is 1. The number of rotatable bonds is 6. The predicted molar refractivity (Wildman–Crippen MR) is 78.7 cm³/mol. The quantitative estimate of drug-likeness (QED) is 0.799. The number of hydrogen-bond acceptors (Lipinski definition) is 2. The van der Waals surface area contributed by atoms with Crippen LogP contribution in [0.3, 0.4) is 0 Å². The van der Waals surface area contributed by atoms with Gasteiger partial charge in [0.05, 0.1) is 0 Å². The van der Waals surface area contributed by atoms with Crippen molar-refractivity contribution in [1.82, 2.24) is 4.90 Å². The fourth-order valence-electron chi connectivity index (χ4n) is 2.31. The van der Waals surface area contributed by atoms with Crippen molar-refractivity contribution in [3.63, 3.8) is 0 Å². The summed E-state index contributed by atoms with van der Waals surface area (Å²) in [6.45, 7) is 5.23. The van der Waals surface area contributed by atoms with Gasteiger partial charge >= 0.3 is 0 Å². The van der Waals surface area contributed by atoms with Crippen LogP contribution >= 0.6 is 0 Å². The summed E-state index contributed by atoms with van der Waals surface area (Å²) in [6.07, 6.45) is 3.77. The first-order valence-electron chi connectivity index (χ1n) is 7.20. The highest BCUT2D eigenvalue weighted by atomic mass is 16.2. The Bertz CT molecular complexity index is 421. The molecule has 19 heavy (non-hydrogen) atoms. The SMILES string of the molecule is CC(C)CN(C(=O)CCc1ccc(N)cc1)C1CC1. The van der Waals surface area contributed by atoms with Gasteiger partial charge in [0.15, 0.2) is 0 Å². The minimum atomic E-state index is 0.299. The third-order valence-electron chi connectivity index (χ3n) is 3.48. The molecule has 0 unspecified atom stereocenters. The molecule has 0 saturated heterocycles. The van der Waals surface area contributed by atoms with Crippen molar-refractivity contribution in [2.24, 2.45) is 5.92 Å². The average molecular weight is 260 g/mol. The van der Waals surface area contributed by atoms with Crippen LogP contribution in [0.25, 0.3) is 0 Å². The summed E-state index contributed by atoms with van der Waals surface area (Å²) in [7, 11) is 0. The van der Waals surface area contributed by atoms with Crippen LogP contribution in [0.2, 0.25) is 0 Å². The standard InChI is InChI=1S/C16H24N2O/c1-12(2)11-18(15-8-9-15)16(19)10-5-13-3-6-14(17)7-4-13/h3-4,6-7,12,15H,5,8-11,17H2,1-2H3. The second kappa shape index (κ2) is 6.09. The van der Waals surface area contributed by atoms with Crippen LogP contribution in [-0.4, -0.2) is 23.4 Å². The molecule has 1 aliphatic rings. The largest absolute Gasteiger partial charge is 0.399 e. The van der Waals surface area contributed by atoms with Gasteiger partial charge in [-0.2, -0.15) is 0 Å². The van der Waals surface area contributed by atoms with Crippen LogP contribution in [0.15, 0.2) is 24.3 Å². The molecule has 1 aliphatic carbocycles. The Morgan fingerprint density at radius 3 is 2.47 bits per heavy atom. The van der Waals surface area contributed by atoms with Crippen LogP contribution in [0, 0.1) is 5.92 Å². The molecule has 0 atom stereocenters. The fourth-order valence-corrected chi connectivity index (χ4v) is 2.31. The highest BCUT2D eigenvalue weighted by Crippen LogP contribution is 2.28. The predicted octanol–water partition coefficient (Wildman–Crippen LogP) is 2.85. The van der Waals surface area contributed by atoms with Crippen molar-refractivity contribution in [2.75, 3.05) is 12.3 Å². The van der Waals surface area contributed by atoms with E-state index < -0.39 is 0 Å². The van der Waals surface area contributed by atoms with Crippen LogP contribution < -0.4 is 5.73 Å². The highest BCUT2D eigenvalue weighted by molar-refractivity contribution is 5.77. The minimum absolute atomic E-state index is 0.299. The lowest BCUT2D eigenvalue weighted by molar-refractivity contribution is -0.132. The number of nitrogen functional groups attached to an aromatic ring is 1. The van der Waals surface area contributed by atoms with Crippen molar-refractivity contribution >= 4 is 11.6 Å². The van der Waals surface area contributed by atoms with E-state index in [4.69, 9.17) is 5.73 Å². The van der Waals surface area contributed by atoms with Crippen LogP contribution in [-0.2, 0) is 11.2 Å². The van der Waals surface area contributed by atoms with E-state index in [0.29, 0.717) is 24.3 Å². The lowest BCUT2D eigenvalue weighted by Crippen LogP contribution is -2.36. The molecule has 2 N–H and O–H groups in total. The molecular formula is C16H24N2O. The summed E-state index contributed by atoms with van der Waals surface area (Å²) in [5.74, 6) is 0.842. The van der Waals surface area contributed by atoms with E-state index >= 15 is 0 Å². The first-order valence-corrected chi connectivity index (χ1v) is 7.20. The van der Waals surface area contributed by atoms with Gasteiger partial charge in [-0.1, -0.05) is 26.0 Å². The molecule has 1 amide bonds. The Kier molecular flexibility index (Phi) is 4.46. The van der Waals surface area contributed by atoms with Crippen LogP contribution in [0.4, 0.5) is 5.69 Å². The Morgan fingerprint density at radius 1 is 1.32 bits per heavy atom. The third-order valence-corrected chi connectivity index (χ3v) is 3.48. The van der Waals surface area contributed by atoms with Gasteiger partial charge in [0.25, 0.3) is 0 Å². The molecule has 0 radical (unpaired) electrons. The zero-order valence-corrected chi connectivity index (χ0v) is 11.9. The Labute approximate surface area is 115 Å². The van der Waals surface area contributed by atoms with E-state index in [0.717, 1.165) is 18.7 Å². The summed E-state index contributed by atoms with van der Waals surface area (Å²) < 4.78 is 0. The van der Waals surface area contributed by atoms with Gasteiger partial charge in [-0.05, 0) is 42.9 Å². The van der Waals surface area contributed by atoms with Crippen molar-refractivity contribution in [1.29, 1.82) is 0 Å². The summed E-state index contributed by atoms with van der Waals surface area (Å²) in [5, 5.41) is 0. The maximum atomic E-state index is 12.3. The topological polar surface area (TPSA) is 46.3 Å². The molecule has 0 spiro atoms. The number of aryl methyl sites for hydroxylation is 1. The molecule has 1 fully saturated rings. The van der Waals surface area contributed by atoms with Gasteiger partial charge in [0.1, 0.15) is 0 Å². The highest BCUT2D eigenvalue weighted by Gasteiger charge is 2.32.